The number of rotatable bonds is 2. The largest absolute Gasteiger partial charge is 0.303 e. The van der Waals surface area contributed by atoms with Crippen LogP contribution >= 0.6 is 0 Å². The van der Waals surface area contributed by atoms with E-state index in [1.54, 1.807) is 0 Å². The summed E-state index contributed by atoms with van der Waals surface area (Å²) in [7, 11) is 0. The van der Waals surface area contributed by atoms with Crippen molar-refractivity contribution in [1.29, 1.82) is 5.26 Å². The van der Waals surface area contributed by atoms with Gasteiger partial charge in [0, 0.05) is 12.0 Å². The van der Waals surface area contributed by atoms with Gasteiger partial charge in [0.2, 0.25) is 0 Å². The van der Waals surface area contributed by atoms with Crippen molar-refractivity contribution >= 4 is 0 Å². The van der Waals surface area contributed by atoms with Gasteiger partial charge in [0.05, 0.1) is 12.6 Å². The molecule has 0 aromatic rings. The molecule has 1 rings (SSSR count). The van der Waals surface area contributed by atoms with Crippen LogP contribution < -0.4 is 5.32 Å². The molecular weight excluding hydrogens is 148 g/mol. The Labute approximate surface area is 74.0 Å². The van der Waals surface area contributed by atoms with E-state index < -0.39 is 0 Å². The van der Waals surface area contributed by atoms with Crippen molar-refractivity contribution in [3.63, 3.8) is 0 Å². The first-order valence-electron chi connectivity index (χ1n) is 4.39. The quantitative estimate of drug-likeness (QED) is 0.621. The molecule has 2 nitrogen and oxygen atoms in total. The third-order valence-electron chi connectivity index (χ3n) is 2.27. The van der Waals surface area contributed by atoms with Gasteiger partial charge in [-0.3, -0.25) is 0 Å². The number of hydrogen-bond acceptors (Lipinski definition) is 2. The highest BCUT2D eigenvalue weighted by Crippen LogP contribution is 2.24. The topological polar surface area (TPSA) is 35.8 Å². The van der Waals surface area contributed by atoms with Crippen molar-refractivity contribution in [2.75, 3.05) is 6.54 Å². The summed E-state index contributed by atoms with van der Waals surface area (Å²) < 4.78 is 0. The minimum atomic E-state index is 0.275. The van der Waals surface area contributed by atoms with E-state index >= 15 is 0 Å². The highest BCUT2D eigenvalue weighted by Gasteiger charge is 2.23. The number of hydrogen-bond donors (Lipinski definition) is 1. The Bertz CT molecular complexity index is 228. The zero-order chi connectivity index (χ0) is 8.81. The van der Waals surface area contributed by atoms with Crippen LogP contribution in [0.25, 0.3) is 0 Å². The van der Waals surface area contributed by atoms with Crippen molar-refractivity contribution < 1.29 is 0 Å². The summed E-state index contributed by atoms with van der Waals surface area (Å²) >= 11 is 0. The second-order valence-corrected chi connectivity index (χ2v) is 3.14. The molecule has 0 aromatic heterocycles. The standard InChI is InChI=1S/C10H14N2/c1-2-3-6-12-10-5-4-9(7-10)8-11/h9-10,12H,4-7H2,1H3. The molecule has 0 aliphatic heterocycles. The maximum Gasteiger partial charge on any atom is 0.0656 e. The SMILES string of the molecule is CC#CCNC1CCC(C#N)C1. The molecule has 0 amide bonds. The summed E-state index contributed by atoms with van der Waals surface area (Å²) in [5.74, 6) is 6.08. The second-order valence-electron chi connectivity index (χ2n) is 3.14. The Morgan fingerprint density at radius 2 is 2.33 bits per heavy atom. The molecule has 1 saturated carbocycles. The van der Waals surface area contributed by atoms with Crippen LogP contribution in [0.5, 0.6) is 0 Å². The molecule has 2 unspecified atom stereocenters. The van der Waals surface area contributed by atoms with Crippen LogP contribution in [0.2, 0.25) is 0 Å². The molecule has 0 spiro atoms. The fraction of sp³-hybridized carbons (Fsp3) is 0.700. The van der Waals surface area contributed by atoms with E-state index in [0.717, 1.165) is 25.8 Å². The normalized spacial score (nSPS) is 27.3. The minimum absolute atomic E-state index is 0.275. The smallest absolute Gasteiger partial charge is 0.0656 e. The Hall–Kier alpha value is -0.990. The van der Waals surface area contributed by atoms with Gasteiger partial charge in [0.15, 0.2) is 0 Å². The van der Waals surface area contributed by atoms with Gasteiger partial charge in [-0.15, -0.1) is 5.92 Å². The average Bonchev–Trinajstić information content (AvgIpc) is 2.53. The number of nitriles is 1. The summed E-state index contributed by atoms with van der Waals surface area (Å²) in [6.07, 6.45) is 3.18. The number of nitrogens with zero attached hydrogens (tertiary/aromatic N) is 1. The highest BCUT2D eigenvalue weighted by molar-refractivity contribution is 4.99. The van der Waals surface area contributed by atoms with Gasteiger partial charge in [-0.05, 0) is 26.2 Å². The fourth-order valence-electron chi connectivity index (χ4n) is 1.57. The van der Waals surface area contributed by atoms with E-state index in [4.69, 9.17) is 5.26 Å². The average molecular weight is 162 g/mol. The molecule has 0 bridgehead atoms. The highest BCUT2D eigenvalue weighted by atomic mass is 14.9. The summed E-state index contributed by atoms with van der Waals surface area (Å²) in [4.78, 5) is 0. The van der Waals surface area contributed by atoms with E-state index in [0.29, 0.717) is 6.04 Å². The van der Waals surface area contributed by atoms with E-state index in [-0.39, 0.29) is 5.92 Å². The maximum atomic E-state index is 8.65. The van der Waals surface area contributed by atoms with Crippen molar-refractivity contribution in [2.24, 2.45) is 5.92 Å². The van der Waals surface area contributed by atoms with Gasteiger partial charge >= 0.3 is 0 Å². The van der Waals surface area contributed by atoms with E-state index in [1.807, 2.05) is 6.92 Å². The molecule has 12 heavy (non-hydrogen) atoms. The van der Waals surface area contributed by atoms with Crippen molar-refractivity contribution in [2.45, 2.75) is 32.2 Å². The van der Waals surface area contributed by atoms with Crippen LogP contribution in [0.1, 0.15) is 26.2 Å². The Morgan fingerprint density at radius 1 is 1.50 bits per heavy atom. The molecule has 0 saturated heterocycles. The Morgan fingerprint density at radius 3 is 2.92 bits per heavy atom. The Kier molecular flexibility index (Phi) is 3.64. The van der Waals surface area contributed by atoms with Gasteiger partial charge in [-0.2, -0.15) is 5.26 Å². The van der Waals surface area contributed by atoms with Crippen molar-refractivity contribution in [3.05, 3.63) is 0 Å². The monoisotopic (exact) mass is 162 g/mol. The van der Waals surface area contributed by atoms with Crippen molar-refractivity contribution in [1.82, 2.24) is 5.32 Å². The van der Waals surface area contributed by atoms with Gasteiger partial charge in [-0.25, -0.2) is 0 Å². The first-order valence-corrected chi connectivity index (χ1v) is 4.39. The molecule has 1 aliphatic carbocycles. The van der Waals surface area contributed by atoms with Crippen LogP contribution in [0.4, 0.5) is 0 Å². The van der Waals surface area contributed by atoms with E-state index in [9.17, 15) is 0 Å². The second kappa shape index (κ2) is 4.80. The van der Waals surface area contributed by atoms with Crippen LogP contribution in [0.3, 0.4) is 0 Å². The molecule has 0 aromatic carbocycles. The summed E-state index contributed by atoms with van der Waals surface area (Å²) in [6, 6.07) is 2.83. The summed E-state index contributed by atoms with van der Waals surface area (Å²) in [5.41, 5.74) is 0. The lowest BCUT2D eigenvalue weighted by Gasteiger charge is -2.07. The predicted molar refractivity (Wildman–Crippen MR) is 48.2 cm³/mol. The predicted octanol–water partition coefficient (Wildman–Crippen LogP) is 1.29. The first kappa shape index (κ1) is 9.10. The molecule has 1 aliphatic rings. The molecule has 0 radical (unpaired) electrons. The van der Waals surface area contributed by atoms with Crippen molar-refractivity contribution in [3.8, 4) is 17.9 Å². The molecule has 64 valence electrons. The third-order valence-corrected chi connectivity index (χ3v) is 2.27. The van der Waals surface area contributed by atoms with E-state index in [2.05, 4.69) is 23.2 Å². The zero-order valence-corrected chi connectivity index (χ0v) is 7.43. The number of nitrogens with one attached hydrogen (secondary N) is 1. The van der Waals surface area contributed by atoms with E-state index in [1.165, 1.54) is 0 Å². The molecule has 0 heterocycles. The first-order chi connectivity index (χ1) is 5.86. The zero-order valence-electron chi connectivity index (χ0n) is 7.43. The lowest BCUT2D eigenvalue weighted by Crippen LogP contribution is -2.26. The molecule has 2 atom stereocenters. The summed E-state index contributed by atoms with van der Waals surface area (Å²) in [6.45, 7) is 2.60. The molecule has 2 heteroatoms. The van der Waals surface area contributed by atoms with Crippen LogP contribution in [0.15, 0.2) is 0 Å². The lowest BCUT2D eigenvalue weighted by molar-refractivity contribution is 0.548. The lowest BCUT2D eigenvalue weighted by atomic mass is 10.1. The van der Waals surface area contributed by atoms with Gasteiger partial charge in [0.1, 0.15) is 0 Å². The molecule has 1 N–H and O–H groups in total. The van der Waals surface area contributed by atoms with Gasteiger partial charge in [0.25, 0.3) is 0 Å². The summed E-state index contributed by atoms with van der Waals surface area (Å²) in [5, 5.41) is 12.0. The van der Waals surface area contributed by atoms with Crippen LogP contribution in [-0.4, -0.2) is 12.6 Å². The maximum absolute atomic E-state index is 8.65. The van der Waals surface area contributed by atoms with Crippen LogP contribution in [-0.2, 0) is 0 Å². The fourth-order valence-corrected chi connectivity index (χ4v) is 1.57. The van der Waals surface area contributed by atoms with Gasteiger partial charge < -0.3 is 5.32 Å². The molecular formula is C10H14N2. The van der Waals surface area contributed by atoms with Crippen LogP contribution in [0, 0.1) is 29.1 Å². The van der Waals surface area contributed by atoms with Gasteiger partial charge in [-0.1, -0.05) is 5.92 Å². The Balaban J connectivity index is 2.19. The third kappa shape index (κ3) is 2.57. The molecule has 1 fully saturated rings. The minimum Gasteiger partial charge on any atom is -0.303 e.